The Morgan fingerprint density at radius 3 is 3.17 bits per heavy atom. The van der Waals surface area contributed by atoms with Crippen LogP contribution in [0.15, 0.2) is 24.5 Å². The van der Waals surface area contributed by atoms with Gasteiger partial charge in [0.05, 0.1) is 11.7 Å². The van der Waals surface area contributed by atoms with E-state index in [0.717, 1.165) is 5.52 Å². The van der Waals surface area contributed by atoms with Crippen molar-refractivity contribution in [1.82, 2.24) is 14.8 Å². The summed E-state index contributed by atoms with van der Waals surface area (Å²) >= 11 is 0. The van der Waals surface area contributed by atoms with Crippen molar-refractivity contribution in [2.75, 3.05) is 0 Å². The Bertz CT molecular complexity index is 430. The van der Waals surface area contributed by atoms with Crippen molar-refractivity contribution >= 4 is 11.4 Å². The number of hydrogen-bond donors (Lipinski definition) is 2. The Labute approximate surface area is 68.3 Å². The number of nitrogen functional groups attached to an aromatic ring is 1. The number of nitrogens with zero attached hydrogens (tertiary/aromatic N) is 3. The maximum absolute atomic E-state index is 7.19. The normalized spacial score (nSPS) is 10.3. The van der Waals surface area contributed by atoms with E-state index >= 15 is 0 Å². The molecule has 0 aliphatic rings. The molecule has 2 aromatic rings. The van der Waals surface area contributed by atoms with Crippen LogP contribution in [0.4, 0.5) is 0 Å². The van der Waals surface area contributed by atoms with Gasteiger partial charge < -0.3 is 5.73 Å². The predicted molar refractivity (Wildman–Crippen MR) is 44.0 cm³/mol. The zero-order valence-corrected chi connectivity index (χ0v) is 6.23. The summed E-state index contributed by atoms with van der Waals surface area (Å²) in [6, 6.07) is 3.49. The summed E-state index contributed by atoms with van der Waals surface area (Å²) < 4.78 is 1.62. The fourth-order valence-electron chi connectivity index (χ4n) is 0.997. The minimum atomic E-state index is 0.0544. The van der Waals surface area contributed by atoms with Gasteiger partial charge in [-0.05, 0) is 12.1 Å². The maximum Gasteiger partial charge on any atom is 0.122 e. The molecule has 5 nitrogen and oxygen atoms in total. The number of aromatic nitrogens is 3. The summed E-state index contributed by atoms with van der Waals surface area (Å²) in [6.45, 7) is 0. The quantitative estimate of drug-likeness (QED) is 0.456. The molecule has 2 rings (SSSR count). The lowest BCUT2D eigenvalue weighted by molar-refractivity contribution is 0.855. The monoisotopic (exact) mass is 161 g/mol. The van der Waals surface area contributed by atoms with Crippen LogP contribution in [-0.2, 0) is 0 Å². The van der Waals surface area contributed by atoms with Crippen molar-refractivity contribution in [2.45, 2.75) is 0 Å². The molecule has 0 unspecified atom stereocenters. The van der Waals surface area contributed by atoms with Gasteiger partial charge in [0.2, 0.25) is 0 Å². The zero-order valence-electron chi connectivity index (χ0n) is 6.23. The molecular weight excluding hydrogens is 154 g/mol. The first kappa shape index (κ1) is 6.78. The second-order valence-corrected chi connectivity index (χ2v) is 2.43. The second-order valence-electron chi connectivity index (χ2n) is 2.43. The van der Waals surface area contributed by atoms with Gasteiger partial charge in [0, 0.05) is 11.8 Å². The lowest BCUT2D eigenvalue weighted by Crippen LogP contribution is -2.11. The lowest BCUT2D eigenvalue weighted by Gasteiger charge is -1.96. The van der Waals surface area contributed by atoms with Gasteiger partial charge >= 0.3 is 0 Å². The molecule has 0 saturated heterocycles. The first-order valence-corrected chi connectivity index (χ1v) is 3.42. The van der Waals surface area contributed by atoms with E-state index < -0.39 is 0 Å². The van der Waals surface area contributed by atoms with E-state index in [1.165, 1.54) is 0 Å². The third-order valence-corrected chi connectivity index (χ3v) is 1.61. The van der Waals surface area contributed by atoms with Crippen LogP contribution in [0, 0.1) is 5.41 Å². The van der Waals surface area contributed by atoms with Gasteiger partial charge in [-0.15, -0.1) is 5.10 Å². The number of amidine groups is 1. The summed E-state index contributed by atoms with van der Waals surface area (Å²) in [5, 5.41) is 14.7. The molecule has 0 radical (unpaired) electrons. The van der Waals surface area contributed by atoms with Crippen molar-refractivity contribution in [3.63, 3.8) is 0 Å². The molecular formula is C7H7N5. The Morgan fingerprint density at radius 2 is 2.42 bits per heavy atom. The molecule has 0 aromatic carbocycles. The fourth-order valence-corrected chi connectivity index (χ4v) is 0.997. The summed E-state index contributed by atoms with van der Waals surface area (Å²) in [6.07, 6.45) is 3.34. The van der Waals surface area contributed by atoms with Gasteiger partial charge in [0.25, 0.3) is 0 Å². The highest BCUT2D eigenvalue weighted by molar-refractivity contribution is 5.95. The van der Waals surface area contributed by atoms with Crippen LogP contribution in [0.2, 0.25) is 0 Å². The van der Waals surface area contributed by atoms with Gasteiger partial charge in [-0.1, -0.05) is 5.21 Å². The number of fused-ring (bicyclic) bond motifs is 1. The van der Waals surface area contributed by atoms with Gasteiger partial charge in [-0.25, -0.2) is 4.52 Å². The van der Waals surface area contributed by atoms with E-state index in [4.69, 9.17) is 11.1 Å². The van der Waals surface area contributed by atoms with Crippen LogP contribution >= 0.6 is 0 Å². The SMILES string of the molecule is N=C(N)c1ccn2nncc2c1. The molecule has 0 saturated carbocycles. The molecule has 12 heavy (non-hydrogen) atoms. The van der Waals surface area contributed by atoms with Gasteiger partial charge in [-0.2, -0.15) is 0 Å². The van der Waals surface area contributed by atoms with Gasteiger partial charge in [-0.3, -0.25) is 5.41 Å². The molecule has 0 amide bonds. The van der Waals surface area contributed by atoms with Crippen molar-refractivity contribution in [3.05, 3.63) is 30.1 Å². The topological polar surface area (TPSA) is 80.1 Å². The number of hydrogen-bond acceptors (Lipinski definition) is 3. The van der Waals surface area contributed by atoms with E-state index in [2.05, 4.69) is 10.3 Å². The molecule has 0 atom stereocenters. The van der Waals surface area contributed by atoms with E-state index in [0.29, 0.717) is 5.56 Å². The summed E-state index contributed by atoms with van der Waals surface area (Å²) in [4.78, 5) is 0. The standard InChI is InChI=1S/C7H7N5/c8-7(9)5-1-2-12-6(3-5)4-10-11-12/h1-4H,(H3,8,9). The van der Waals surface area contributed by atoms with Gasteiger partial charge in [0.15, 0.2) is 0 Å². The predicted octanol–water partition coefficient (Wildman–Crippen LogP) is 0.0134. The van der Waals surface area contributed by atoms with E-state index in [9.17, 15) is 0 Å². The largest absolute Gasteiger partial charge is 0.384 e. The van der Waals surface area contributed by atoms with Crippen LogP contribution < -0.4 is 5.73 Å². The molecule has 0 aliphatic heterocycles. The highest BCUT2D eigenvalue weighted by Gasteiger charge is 1.98. The summed E-state index contributed by atoms with van der Waals surface area (Å²) in [5.41, 5.74) is 6.83. The number of nitrogens with one attached hydrogen (secondary N) is 1. The third kappa shape index (κ3) is 0.914. The molecule has 5 heteroatoms. The van der Waals surface area contributed by atoms with E-state index in [-0.39, 0.29) is 5.84 Å². The number of nitrogens with two attached hydrogens (primary N) is 1. The average molecular weight is 161 g/mol. The Hall–Kier alpha value is -1.91. The molecule has 0 spiro atoms. The molecule has 2 aromatic heterocycles. The van der Waals surface area contributed by atoms with E-state index in [1.807, 2.05) is 0 Å². The van der Waals surface area contributed by atoms with Crippen molar-refractivity contribution in [3.8, 4) is 0 Å². The van der Waals surface area contributed by atoms with Crippen LogP contribution in [0.1, 0.15) is 5.56 Å². The number of rotatable bonds is 1. The number of pyridine rings is 1. The highest BCUT2D eigenvalue weighted by Crippen LogP contribution is 2.03. The highest BCUT2D eigenvalue weighted by atomic mass is 15.4. The molecule has 2 heterocycles. The van der Waals surface area contributed by atoms with Crippen LogP contribution in [-0.4, -0.2) is 20.7 Å². The van der Waals surface area contributed by atoms with Crippen molar-refractivity contribution in [1.29, 1.82) is 5.41 Å². The average Bonchev–Trinajstić information content (AvgIpc) is 2.49. The van der Waals surface area contributed by atoms with Crippen molar-refractivity contribution in [2.24, 2.45) is 5.73 Å². The zero-order chi connectivity index (χ0) is 8.55. The van der Waals surface area contributed by atoms with Crippen LogP contribution in [0.25, 0.3) is 5.52 Å². The molecule has 60 valence electrons. The summed E-state index contributed by atoms with van der Waals surface area (Å²) in [7, 11) is 0. The molecule has 0 aliphatic carbocycles. The van der Waals surface area contributed by atoms with E-state index in [1.54, 1.807) is 29.0 Å². The second kappa shape index (κ2) is 2.30. The minimum absolute atomic E-state index is 0.0544. The van der Waals surface area contributed by atoms with Crippen LogP contribution in [0.3, 0.4) is 0 Å². The first-order chi connectivity index (χ1) is 5.77. The molecule has 0 fully saturated rings. The third-order valence-electron chi connectivity index (χ3n) is 1.61. The first-order valence-electron chi connectivity index (χ1n) is 3.42. The summed E-state index contributed by atoms with van der Waals surface area (Å²) in [5.74, 6) is 0.0544. The fraction of sp³-hybridized carbons (Fsp3) is 0. The Morgan fingerprint density at radius 1 is 1.58 bits per heavy atom. The Kier molecular flexibility index (Phi) is 1.30. The smallest absolute Gasteiger partial charge is 0.122 e. The lowest BCUT2D eigenvalue weighted by atomic mass is 10.2. The molecule has 0 bridgehead atoms. The maximum atomic E-state index is 7.19. The van der Waals surface area contributed by atoms with Gasteiger partial charge in [0.1, 0.15) is 5.84 Å². The Balaban J connectivity index is 2.68. The minimum Gasteiger partial charge on any atom is -0.384 e. The molecule has 3 N–H and O–H groups in total. The van der Waals surface area contributed by atoms with Crippen molar-refractivity contribution < 1.29 is 0 Å². The van der Waals surface area contributed by atoms with Crippen LogP contribution in [0.5, 0.6) is 0 Å².